The molecule has 0 saturated carbocycles. The van der Waals surface area contributed by atoms with Gasteiger partial charge in [0.15, 0.2) is 0 Å². The molecule has 1 amide bonds. The van der Waals surface area contributed by atoms with Crippen LogP contribution in [0.2, 0.25) is 5.02 Å². The highest BCUT2D eigenvalue weighted by Gasteiger charge is 2.19. The molecule has 30 heavy (non-hydrogen) atoms. The molecule has 7 heteroatoms. The Morgan fingerprint density at radius 1 is 1.13 bits per heavy atom. The van der Waals surface area contributed by atoms with Crippen molar-refractivity contribution in [2.24, 2.45) is 0 Å². The zero-order valence-corrected chi connectivity index (χ0v) is 17.9. The Morgan fingerprint density at radius 2 is 1.90 bits per heavy atom. The number of anilines is 2. The van der Waals surface area contributed by atoms with Gasteiger partial charge >= 0.3 is 0 Å². The first-order valence-electron chi connectivity index (χ1n) is 10.0. The lowest BCUT2D eigenvalue weighted by atomic mass is 10.1. The van der Waals surface area contributed by atoms with E-state index in [0.717, 1.165) is 35.7 Å². The molecule has 3 aromatic rings. The van der Waals surface area contributed by atoms with Crippen LogP contribution in [0.4, 0.5) is 11.4 Å². The molecule has 1 aliphatic rings. The van der Waals surface area contributed by atoms with Gasteiger partial charge in [0.1, 0.15) is 0 Å². The monoisotopic (exact) mass is 424 g/mol. The first-order valence-corrected chi connectivity index (χ1v) is 10.4. The number of benzene rings is 2. The van der Waals surface area contributed by atoms with Gasteiger partial charge in [-0.05, 0) is 49.7 Å². The number of hydrogen-bond acceptors (Lipinski definition) is 4. The number of nitrogens with one attached hydrogen (secondary N) is 1. The van der Waals surface area contributed by atoms with Gasteiger partial charge in [-0.15, -0.1) is 0 Å². The summed E-state index contributed by atoms with van der Waals surface area (Å²) in [7, 11) is 0. The van der Waals surface area contributed by atoms with Crippen molar-refractivity contribution in [1.82, 2.24) is 9.78 Å². The van der Waals surface area contributed by atoms with Crippen LogP contribution in [0, 0.1) is 13.8 Å². The number of ether oxygens (including phenoxy) is 1. The minimum atomic E-state index is -0.165. The van der Waals surface area contributed by atoms with Gasteiger partial charge < -0.3 is 15.0 Å². The van der Waals surface area contributed by atoms with E-state index in [0.29, 0.717) is 36.0 Å². The summed E-state index contributed by atoms with van der Waals surface area (Å²) in [6, 6.07) is 15.3. The third-order valence-electron chi connectivity index (χ3n) is 5.19. The predicted molar refractivity (Wildman–Crippen MR) is 120 cm³/mol. The molecule has 1 N–H and O–H groups in total. The molecule has 0 bridgehead atoms. The van der Waals surface area contributed by atoms with Crippen LogP contribution in [-0.4, -0.2) is 42.0 Å². The Morgan fingerprint density at radius 3 is 2.63 bits per heavy atom. The van der Waals surface area contributed by atoms with E-state index >= 15 is 0 Å². The molecule has 1 aliphatic heterocycles. The summed E-state index contributed by atoms with van der Waals surface area (Å²) in [5.74, 6) is -0.165. The highest BCUT2D eigenvalue weighted by molar-refractivity contribution is 6.34. The molecular formula is C23H25ClN4O2. The molecule has 0 spiro atoms. The minimum absolute atomic E-state index is 0.165. The van der Waals surface area contributed by atoms with Crippen LogP contribution in [0.5, 0.6) is 0 Å². The van der Waals surface area contributed by atoms with Crippen molar-refractivity contribution in [1.29, 1.82) is 0 Å². The fourth-order valence-corrected chi connectivity index (χ4v) is 4.03. The predicted octanol–water partition coefficient (Wildman–Crippen LogP) is 4.29. The SMILES string of the molecule is Cc1cc(C)n(Cc2cccc(C(=O)Nc3cccc(Cl)c3N3CCOCC3)c2)n1. The third-order valence-corrected chi connectivity index (χ3v) is 5.49. The zero-order valence-electron chi connectivity index (χ0n) is 17.2. The van der Waals surface area contributed by atoms with E-state index in [9.17, 15) is 4.79 Å². The molecule has 2 aromatic carbocycles. The van der Waals surface area contributed by atoms with Crippen LogP contribution in [0.25, 0.3) is 0 Å². The summed E-state index contributed by atoms with van der Waals surface area (Å²) < 4.78 is 7.39. The number of aryl methyl sites for hydroxylation is 2. The maximum atomic E-state index is 13.0. The van der Waals surface area contributed by atoms with E-state index < -0.39 is 0 Å². The van der Waals surface area contributed by atoms with Crippen molar-refractivity contribution in [3.05, 3.63) is 76.1 Å². The topological polar surface area (TPSA) is 59.4 Å². The third kappa shape index (κ3) is 4.50. The first-order chi connectivity index (χ1) is 14.5. The summed E-state index contributed by atoms with van der Waals surface area (Å²) in [6.07, 6.45) is 0. The van der Waals surface area contributed by atoms with E-state index in [1.807, 2.05) is 67.1 Å². The van der Waals surface area contributed by atoms with E-state index in [1.165, 1.54) is 0 Å². The lowest BCUT2D eigenvalue weighted by Gasteiger charge is -2.31. The number of nitrogens with zero attached hydrogens (tertiary/aromatic N) is 3. The number of hydrogen-bond donors (Lipinski definition) is 1. The highest BCUT2D eigenvalue weighted by Crippen LogP contribution is 2.34. The van der Waals surface area contributed by atoms with E-state index in [4.69, 9.17) is 16.3 Å². The van der Waals surface area contributed by atoms with Crippen LogP contribution < -0.4 is 10.2 Å². The normalized spacial score (nSPS) is 14.0. The average Bonchev–Trinajstić information content (AvgIpc) is 3.05. The number of carbonyl (C=O) groups excluding carboxylic acids is 1. The smallest absolute Gasteiger partial charge is 0.255 e. The molecule has 1 aromatic heterocycles. The van der Waals surface area contributed by atoms with Crippen LogP contribution in [0.1, 0.15) is 27.3 Å². The number of rotatable bonds is 5. The minimum Gasteiger partial charge on any atom is -0.378 e. The van der Waals surface area contributed by atoms with E-state index in [1.54, 1.807) is 0 Å². The number of amides is 1. The summed E-state index contributed by atoms with van der Waals surface area (Å²) in [5, 5.41) is 8.17. The number of aromatic nitrogens is 2. The largest absolute Gasteiger partial charge is 0.378 e. The maximum absolute atomic E-state index is 13.0. The van der Waals surface area contributed by atoms with Gasteiger partial charge in [0.25, 0.3) is 5.91 Å². The van der Waals surface area contributed by atoms with Crippen LogP contribution in [0.15, 0.2) is 48.5 Å². The molecule has 0 aliphatic carbocycles. The Kier molecular flexibility index (Phi) is 6.06. The Labute approximate surface area is 181 Å². The molecule has 156 valence electrons. The van der Waals surface area contributed by atoms with Crippen LogP contribution in [-0.2, 0) is 11.3 Å². The molecule has 1 saturated heterocycles. The van der Waals surface area contributed by atoms with Crippen LogP contribution >= 0.6 is 11.6 Å². The number of para-hydroxylation sites is 1. The summed E-state index contributed by atoms with van der Waals surface area (Å²) in [4.78, 5) is 15.2. The maximum Gasteiger partial charge on any atom is 0.255 e. The fraction of sp³-hybridized carbons (Fsp3) is 0.304. The van der Waals surface area contributed by atoms with Crippen molar-refractivity contribution >= 4 is 28.9 Å². The van der Waals surface area contributed by atoms with Crippen molar-refractivity contribution in [2.75, 3.05) is 36.5 Å². The Bertz CT molecular complexity index is 1060. The quantitative estimate of drug-likeness (QED) is 0.663. The first kappa shape index (κ1) is 20.4. The summed E-state index contributed by atoms with van der Waals surface area (Å²) in [6.45, 7) is 7.40. The molecular weight excluding hydrogens is 400 g/mol. The van der Waals surface area contributed by atoms with Crippen molar-refractivity contribution < 1.29 is 9.53 Å². The van der Waals surface area contributed by atoms with Crippen molar-refractivity contribution in [3.8, 4) is 0 Å². The highest BCUT2D eigenvalue weighted by atomic mass is 35.5. The van der Waals surface area contributed by atoms with E-state index in [2.05, 4.69) is 15.3 Å². The van der Waals surface area contributed by atoms with Gasteiger partial charge in [-0.2, -0.15) is 5.10 Å². The molecule has 6 nitrogen and oxygen atoms in total. The van der Waals surface area contributed by atoms with Crippen molar-refractivity contribution in [2.45, 2.75) is 20.4 Å². The molecule has 4 rings (SSSR count). The lowest BCUT2D eigenvalue weighted by Crippen LogP contribution is -2.37. The van der Waals surface area contributed by atoms with Gasteiger partial charge in [0, 0.05) is 24.3 Å². The molecule has 0 radical (unpaired) electrons. The molecule has 0 atom stereocenters. The lowest BCUT2D eigenvalue weighted by molar-refractivity contribution is 0.102. The number of halogens is 1. The van der Waals surface area contributed by atoms with Gasteiger partial charge in [-0.25, -0.2) is 0 Å². The van der Waals surface area contributed by atoms with Crippen LogP contribution in [0.3, 0.4) is 0 Å². The Hall–Kier alpha value is -2.83. The standard InChI is InChI=1S/C23H25ClN4O2/c1-16-13-17(2)28(26-16)15-18-5-3-6-19(14-18)23(29)25-21-8-4-7-20(24)22(21)27-9-11-30-12-10-27/h3-8,13-14H,9-12,15H2,1-2H3,(H,25,29). The van der Waals surface area contributed by atoms with E-state index in [-0.39, 0.29) is 5.91 Å². The molecule has 0 unspecified atom stereocenters. The Balaban J connectivity index is 1.55. The second-order valence-corrected chi connectivity index (χ2v) is 7.88. The summed E-state index contributed by atoms with van der Waals surface area (Å²) in [5.41, 5.74) is 5.25. The molecule has 1 fully saturated rings. The number of carbonyl (C=O) groups is 1. The van der Waals surface area contributed by atoms with Crippen molar-refractivity contribution in [3.63, 3.8) is 0 Å². The fourth-order valence-electron chi connectivity index (χ4n) is 3.74. The van der Waals surface area contributed by atoms with Gasteiger partial charge in [0.05, 0.1) is 41.8 Å². The average molecular weight is 425 g/mol. The second-order valence-electron chi connectivity index (χ2n) is 7.47. The zero-order chi connectivity index (χ0) is 21.1. The summed E-state index contributed by atoms with van der Waals surface area (Å²) >= 11 is 6.48. The second kappa shape index (κ2) is 8.90. The van der Waals surface area contributed by atoms with Gasteiger partial charge in [-0.1, -0.05) is 29.8 Å². The van der Waals surface area contributed by atoms with Gasteiger partial charge in [0.2, 0.25) is 0 Å². The number of morpholine rings is 1. The molecule has 2 heterocycles. The van der Waals surface area contributed by atoms with Gasteiger partial charge in [-0.3, -0.25) is 9.48 Å².